The van der Waals surface area contributed by atoms with Crippen LogP contribution in [0.15, 0.2) is 29.8 Å². The number of carbonyl (C=O) groups is 1. The van der Waals surface area contributed by atoms with Crippen LogP contribution in [-0.2, 0) is 0 Å². The monoisotopic (exact) mass is 313 g/mol. The summed E-state index contributed by atoms with van der Waals surface area (Å²) < 4.78 is 0. The molecule has 0 unspecified atom stereocenters. The van der Waals surface area contributed by atoms with Crippen molar-refractivity contribution < 1.29 is 4.79 Å². The van der Waals surface area contributed by atoms with Crippen LogP contribution >= 0.6 is 23.2 Å². The van der Waals surface area contributed by atoms with Gasteiger partial charge in [0.2, 0.25) is 0 Å². The standard InChI is InChI=1S/C14H17Cl2N3O/c15-12-2-1-11(9-13(12)16)19-14(20)18-8-5-10-3-6-17-7-4-10/h1-3,9,17H,4-8H2,(H2,18,19,20). The number of nitrogens with one attached hydrogen (secondary N) is 3. The number of carbonyl (C=O) groups excluding carboxylic acids is 1. The predicted octanol–water partition coefficient (Wildman–Crippen LogP) is 3.42. The molecule has 2 rings (SSSR count). The van der Waals surface area contributed by atoms with Crippen LogP contribution in [0.1, 0.15) is 12.8 Å². The van der Waals surface area contributed by atoms with Crippen LogP contribution in [0.4, 0.5) is 10.5 Å². The van der Waals surface area contributed by atoms with Crippen LogP contribution < -0.4 is 16.0 Å². The fourth-order valence-corrected chi connectivity index (χ4v) is 2.28. The molecule has 1 heterocycles. The zero-order valence-corrected chi connectivity index (χ0v) is 12.5. The normalized spacial score (nSPS) is 14.6. The third-order valence-electron chi connectivity index (χ3n) is 3.07. The Morgan fingerprint density at radius 1 is 1.30 bits per heavy atom. The molecule has 0 fully saturated rings. The minimum Gasteiger partial charge on any atom is -0.338 e. The third kappa shape index (κ3) is 4.71. The Morgan fingerprint density at radius 3 is 2.85 bits per heavy atom. The average molecular weight is 314 g/mol. The van der Waals surface area contributed by atoms with Crippen molar-refractivity contribution in [1.29, 1.82) is 0 Å². The van der Waals surface area contributed by atoms with E-state index in [0.29, 0.717) is 22.3 Å². The van der Waals surface area contributed by atoms with Crippen LogP contribution in [0.3, 0.4) is 0 Å². The summed E-state index contributed by atoms with van der Waals surface area (Å²) in [4.78, 5) is 11.7. The average Bonchev–Trinajstić information content (AvgIpc) is 2.44. The van der Waals surface area contributed by atoms with E-state index < -0.39 is 0 Å². The molecule has 108 valence electrons. The Bertz CT molecular complexity index is 517. The van der Waals surface area contributed by atoms with Crippen molar-refractivity contribution in [2.24, 2.45) is 0 Å². The Kier molecular flexibility index (Phi) is 5.71. The minimum atomic E-state index is -0.238. The highest BCUT2D eigenvalue weighted by molar-refractivity contribution is 6.42. The summed E-state index contributed by atoms with van der Waals surface area (Å²) in [6, 6.07) is 4.75. The number of hydrogen-bond donors (Lipinski definition) is 3. The van der Waals surface area contributed by atoms with Gasteiger partial charge in [-0.25, -0.2) is 4.79 Å². The first kappa shape index (κ1) is 15.2. The zero-order valence-electron chi connectivity index (χ0n) is 11.0. The molecule has 1 aromatic carbocycles. The van der Waals surface area contributed by atoms with Crippen molar-refractivity contribution in [2.75, 3.05) is 25.0 Å². The van der Waals surface area contributed by atoms with E-state index in [1.165, 1.54) is 5.57 Å². The van der Waals surface area contributed by atoms with E-state index in [9.17, 15) is 4.79 Å². The van der Waals surface area contributed by atoms with E-state index in [1.54, 1.807) is 18.2 Å². The molecule has 1 aliphatic heterocycles. The predicted molar refractivity (Wildman–Crippen MR) is 83.7 cm³/mol. The van der Waals surface area contributed by atoms with Gasteiger partial charge in [0.15, 0.2) is 0 Å². The quantitative estimate of drug-likeness (QED) is 0.746. The number of hydrogen-bond acceptors (Lipinski definition) is 2. The van der Waals surface area contributed by atoms with E-state index in [2.05, 4.69) is 22.0 Å². The fraction of sp³-hybridized carbons (Fsp3) is 0.357. The molecule has 1 aliphatic rings. The number of amides is 2. The highest BCUT2D eigenvalue weighted by Crippen LogP contribution is 2.24. The first-order valence-electron chi connectivity index (χ1n) is 6.53. The lowest BCUT2D eigenvalue weighted by Crippen LogP contribution is -2.30. The third-order valence-corrected chi connectivity index (χ3v) is 3.81. The summed E-state index contributed by atoms with van der Waals surface area (Å²) in [5, 5.41) is 9.69. The van der Waals surface area contributed by atoms with Gasteiger partial charge >= 0.3 is 6.03 Å². The SMILES string of the molecule is O=C(NCCC1=CCNCC1)Nc1ccc(Cl)c(Cl)c1. The topological polar surface area (TPSA) is 53.2 Å². The molecule has 0 bridgehead atoms. The summed E-state index contributed by atoms with van der Waals surface area (Å²) >= 11 is 11.7. The first-order valence-corrected chi connectivity index (χ1v) is 7.29. The molecular weight excluding hydrogens is 297 g/mol. The van der Waals surface area contributed by atoms with E-state index in [1.807, 2.05) is 0 Å². The maximum absolute atomic E-state index is 11.7. The Hall–Kier alpha value is -1.23. The number of rotatable bonds is 4. The van der Waals surface area contributed by atoms with E-state index >= 15 is 0 Å². The van der Waals surface area contributed by atoms with Gasteiger partial charge in [-0.15, -0.1) is 0 Å². The molecule has 0 aliphatic carbocycles. The molecule has 6 heteroatoms. The van der Waals surface area contributed by atoms with Crippen molar-refractivity contribution in [1.82, 2.24) is 10.6 Å². The van der Waals surface area contributed by atoms with Gasteiger partial charge in [-0.3, -0.25) is 0 Å². The molecule has 2 amide bonds. The minimum absolute atomic E-state index is 0.238. The molecule has 3 N–H and O–H groups in total. The molecule has 0 saturated heterocycles. The lowest BCUT2D eigenvalue weighted by molar-refractivity contribution is 0.252. The van der Waals surface area contributed by atoms with Crippen molar-refractivity contribution in [3.63, 3.8) is 0 Å². The number of anilines is 1. The maximum atomic E-state index is 11.7. The van der Waals surface area contributed by atoms with Gasteiger partial charge in [-0.1, -0.05) is 34.9 Å². The van der Waals surface area contributed by atoms with E-state index in [-0.39, 0.29) is 6.03 Å². The molecule has 0 atom stereocenters. The highest BCUT2D eigenvalue weighted by Gasteiger charge is 2.06. The first-order chi connectivity index (χ1) is 9.65. The van der Waals surface area contributed by atoms with Crippen LogP contribution in [0, 0.1) is 0 Å². The summed E-state index contributed by atoms with van der Waals surface area (Å²) in [7, 11) is 0. The molecular formula is C14H17Cl2N3O. The maximum Gasteiger partial charge on any atom is 0.319 e. The fourth-order valence-electron chi connectivity index (χ4n) is 1.98. The van der Waals surface area contributed by atoms with Gasteiger partial charge < -0.3 is 16.0 Å². The Balaban J connectivity index is 1.74. The van der Waals surface area contributed by atoms with Crippen molar-refractivity contribution in [3.8, 4) is 0 Å². The molecule has 0 spiro atoms. The van der Waals surface area contributed by atoms with Crippen LogP contribution in [-0.4, -0.2) is 25.7 Å². The summed E-state index contributed by atoms with van der Waals surface area (Å²) in [6.07, 6.45) is 4.12. The Morgan fingerprint density at radius 2 is 2.15 bits per heavy atom. The number of halogens is 2. The highest BCUT2D eigenvalue weighted by atomic mass is 35.5. The second-order valence-corrected chi connectivity index (χ2v) is 5.39. The van der Waals surface area contributed by atoms with Gasteiger partial charge in [-0.05, 0) is 37.6 Å². The smallest absolute Gasteiger partial charge is 0.319 e. The second kappa shape index (κ2) is 7.53. The van der Waals surface area contributed by atoms with E-state index in [4.69, 9.17) is 23.2 Å². The molecule has 4 nitrogen and oxygen atoms in total. The molecule has 0 radical (unpaired) electrons. The van der Waals surface area contributed by atoms with Gasteiger partial charge in [0.25, 0.3) is 0 Å². The van der Waals surface area contributed by atoms with Crippen LogP contribution in [0.25, 0.3) is 0 Å². The van der Waals surface area contributed by atoms with E-state index in [0.717, 1.165) is 25.9 Å². The summed E-state index contributed by atoms with van der Waals surface area (Å²) in [6.45, 7) is 2.56. The number of urea groups is 1. The number of benzene rings is 1. The van der Waals surface area contributed by atoms with Gasteiger partial charge in [-0.2, -0.15) is 0 Å². The van der Waals surface area contributed by atoms with Crippen molar-refractivity contribution in [2.45, 2.75) is 12.8 Å². The summed E-state index contributed by atoms with van der Waals surface area (Å²) in [5.74, 6) is 0. The largest absolute Gasteiger partial charge is 0.338 e. The summed E-state index contributed by atoms with van der Waals surface area (Å²) in [5.41, 5.74) is 2.01. The van der Waals surface area contributed by atoms with Crippen molar-refractivity contribution >= 4 is 34.9 Å². The molecule has 1 aromatic rings. The van der Waals surface area contributed by atoms with Gasteiger partial charge in [0.1, 0.15) is 0 Å². The molecule has 20 heavy (non-hydrogen) atoms. The van der Waals surface area contributed by atoms with Gasteiger partial charge in [0, 0.05) is 18.8 Å². The lowest BCUT2D eigenvalue weighted by atomic mass is 10.1. The molecule has 0 saturated carbocycles. The Labute approximate surface area is 128 Å². The zero-order chi connectivity index (χ0) is 14.4. The van der Waals surface area contributed by atoms with Gasteiger partial charge in [0.05, 0.1) is 10.0 Å². The molecule has 0 aromatic heterocycles. The van der Waals surface area contributed by atoms with Crippen LogP contribution in [0.5, 0.6) is 0 Å². The second-order valence-electron chi connectivity index (χ2n) is 4.58. The van der Waals surface area contributed by atoms with Crippen LogP contribution in [0.2, 0.25) is 10.0 Å². The lowest BCUT2D eigenvalue weighted by Gasteiger charge is -2.14. The van der Waals surface area contributed by atoms with Crippen molar-refractivity contribution in [3.05, 3.63) is 39.9 Å².